The maximum atomic E-state index is 13.6. The van der Waals surface area contributed by atoms with Gasteiger partial charge < -0.3 is 18.2 Å². The number of nitrogens with one attached hydrogen (secondary N) is 1. The Morgan fingerprint density at radius 1 is 1.21 bits per heavy atom. The van der Waals surface area contributed by atoms with E-state index in [1.165, 1.54) is 6.26 Å². The molecule has 0 bridgehead atoms. The number of hydrogen-bond donors (Lipinski definition) is 1. The van der Waals surface area contributed by atoms with Crippen LogP contribution in [0.25, 0.3) is 11.0 Å². The van der Waals surface area contributed by atoms with Gasteiger partial charge in [-0.2, -0.15) is 0 Å². The van der Waals surface area contributed by atoms with E-state index in [4.69, 9.17) is 18.2 Å². The van der Waals surface area contributed by atoms with E-state index in [2.05, 4.69) is 5.43 Å². The van der Waals surface area contributed by atoms with Crippen LogP contribution in [0.1, 0.15) is 30.8 Å². The number of morpholine rings is 1. The van der Waals surface area contributed by atoms with Crippen molar-refractivity contribution in [2.75, 3.05) is 39.5 Å². The van der Waals surface area contributed by atoms with Gasteiger partial charge in [0.1, 0.15) is 11.8 Å². The van der Waals surface area contributed by atoms with Crippen LogP contribution in [0.4, 0.5) is 0 Å². The molecule has 1 aliphatic rings. The second kappa shape index (κ2) is 9.31. The molecule has 28 heavy (non-hydrogen) atoms. The topological polar surface area (TPSA) is 90.2 Å². The second-order valence-electron chi connectivity index (χ2n) is 6.53. The van der Waals surface area contributed by atoms with E-state index in [1.807, 2.05) is 18.0 Å². The Bertz CT molecular complexity index is 899. The molecule has 1 atom stereocenters. The van der Waals surface area contributed by atoms with Crippen LogP contribution in [0.15, 0.2) is 33.7 Å². The van der Waals surface area contributed by atoms with Crippen LogP contribution in [-0.4, -0.2) is 44.5 Å². The molecule has 0 spiro atoms. The highest BCUT2D eigenvalue weighted by Gasteiger charge is 2.40. The largest absolute Gasteiger partial charge is 0.464 e. The first-order chi connectivity index (χ1) is 13.5. The predicted octanol–water partition coefficient (Wildman–Crippen LogP) is 3.20. The summed E-state index contributed by atoms with van der Waals surface area (Å²) < 4.78 is 35.8. The monoisotopic (exact) mass is 410 g/mol. The van der Waals surface area contributed by atoms with Crippen molar-refractivity contribution in [3.63, 3.8) is 0 Å². The molecule has 1 N–H and O–H groups in total. The number of fused-ring (bicyclic) bond motifs is 1. The lowest BCUT2D eigenvalue weighted by Gasteiger charge is -2.34. The van der Waals surface area contributed by atoms with E-state index in [-0.39, 0.29) is 24.2 Å². The van der Waals surface area contributed by atoms with Gasteiger partial charge in [-0.25, -0.2) is 10.4 Å². The number of hydrazine groups is 1. The third-order valence-electron chi connectivity index (χ3n) is 4.50. The molecule has 0 aliphatic carbocycles. The SMILES string of the molecule is CCOP(=O)(OCC)C(NN1CCOCC1)c1coc2ccc(C)cc2c1=O. The summed E-state index contributed by atoms with van der Waals surface area (Å²) in [6, 6.07) is 5.40. The lowest BCUT2D eigenvalue weighted by atomic mass is 10.1. The van der Waals surface area contributed by atoms with Crippen molar-refractivity contribution in [1.29, 1.82) is 0 Å². The first-order valence-corrected chi connectivity index (χ1v) is 11.1. The first-order valence-electron chi connectivity index (χ1n) is 9.48. The van der Waals surface area contributed by atoms with Gasteiger partial charge in [-0.05, 0) is 32.9 Å². The smallest absolute Gasteiger partial charge is 0.353 e. The molecule has 8 nitrogen and oxygen atoms in total. The molecular weight excluding hydrogens is 383 g/mol. The van der Waals surface area contributed by atoms with Crippen molar-refractivity contribution in [3.8, 4) is 0 Å². The average Bonchev–Trinajstić information content (AvgIpc) is 2.68. The highest BCUT2D eigenvalue weighted by Crippen LogP contribution is 2.59. The first kappa shape index (κ1) is 21.2. The lowest BCUT2D eigenvalue weighted by Crippen LogP contribution is -2.48. The van der Waals surface area contributed by atoms with E-state index >= 15 is 0 Å². The zero-order valence-corrected chi connectivity index (χ0v) is 17.4. The van der Waals surface area contributed by atoms with Gasteiger partial charge in [0.05, 0.1) is 37.4 Å². The molecule has 3 rings (SSSR count). The molecule has 2 aromatic rings. The summed E-state index contributed by atoms with van der Waals surface area (Å²) in [7, 11) is -3.69. The number of aryl methyl sites for hydroxylation is 1. The predicted molar refractivity (Wildman–Crippen MR) is 106 cm³/mol. The van der Waals surface area contributed by atoms with E-state index in [0.29, 0.717) is 37.3 Å². The summed E-state index contributed by atoms with van der Waals surface area (Å²) >= 11 is 0. The molecule has 1 fully saturated rings. The van der Waals surface area contributed by atoms with Crippen molar-refractivity contribution < 1.29 is 22.8 Å². The quantitative estimate of drug-likeness (QED) is 0.664. The minimum absolute atomic E-state index is 0.191. The fourth-order valence-electron chi connectivity index (χ4n) is 3.17. The Balaban J connectivity index is 2.09. The zero-order chi connectivity index (χ0) is 20.1. The minimum atomic E-state index is -3.69. The van der Waals surface area contributed by atoms with Crippen LogP contribution in [-0.2, 0) is 18.3 Å². The van der Waals surface area contributed by atoms with E-state index in [1.54, 1.807) is 26.0 Å². The number of hydrogen-bond acceptors (Lipinski definition) is 8. The van der Waals surface area contributed by atoms with E-state index < -0.39 is 13.4 Å². The van der Waals surface area contributed by atoms with Crippen LogP contribution in [0.2, 0.25) is 0 Å². The van der Waals surface area contributed by atoms with Gasteiger partial charge in [0.2, 0.25) is 0 Å². The van der Waals surface area contributed by atoms with Crippen molar-refractivity contribution in [2.24, 2.45) is 0 Å². The standard InChI is InChI=1S/C19H27N2O6P/c1-4-26-28(23,27-5-2)19(20-21-8-10-24-11-9-21)16-13-25-17-7-6-14(3)12-15(17)18(16)22/h6-7,12-13,19-20H,4-5,8-11H2,1-3H3. The maximum absolute atomic E-state index is 13.6. The molecule has 9 heteroatoms. The average molecular weight is 410 g/mol. The number of ether oxygens (including phenoxy) is 1. The molecule has 1 saturated heterocycles. The molecule has 0 radical (unpaired) electrons. The third-order valence-corrected chi connectivity index (χ3v) is 6.76. The maximum Gasteiger partial charge on any atom is 0.353 e. The molecule has 0 amide bonds. The summed E-state index contributed by atoms with van der Waals surface area (Å²) in [6.45, 7) is 8.03. The Kier molecular flexibility index (Phi) is 7.04. The van der Waals surface area contributed by atoms with Crippen LogP contribution in [0, 0.1) is 6.92 Å². The molecular formula is C19H27N2O6P. The number of benzene rings is 1. The van der Waals surface area contributed by atoms with Crippen molar-refractivity contribution >= 4 is 18.6 Å². The van der Waals surface area contributed by atoms with E-state index in [0.717, 1.165) is 5.56 Å². The summed E-state index contributed by atoms with van der Waals surface area (Å²) in [5.74, 6) is -0.980. The van der Waals surface area contributed by atoms with Crippen LogP contribution in [0.3, 0.4) is 0 Å². The van der Waals surface area contributed by atoms with Crippen LogP contribution < -0.4 is 10.9 Å². The third kappa shape index (κ3) is 4.54. The van der Waals surface area contributed by atoms with Gasteiger partial charge in [-0.3, -0.25) is 9.36 Å². The molecule has 1 aromatic heterocycles. The molecule has 1 aromatic carbocycles. The molecule has 0 saturated carbocycles. The minimum Gasteiger partial charge on any atom is -0.464 e. The summed E-state index contributed by atoms with van der Waals surface area (Å²) in [4.78, 5) is 13.2. The number of nitrogens with zero attached hydrogens (tertiary/aromatic N) is 1. The molecule has 1 unspecified atom stereocenters. The number of rotatable bonds is 8. The molecule has 1 aliphatic heterocycles. The fourth-order valence-corrected chi connectivity index (χ4v) is 5.09. The van der Waals surface area contributed by atoms with Crippen LogP contribution >= 0.6 is 7.60 Å². The van der Waals surface area contributed by atoms with E-state index in [9.17, 15) is 9.36 Å². The Hall–Kier alpha value is -1.54. The highest BCUT2D eigenvalue weighted by atomic mass is 31.2. The Morgan fingerprint density at radius 3 is 2.54 bits per heavy atom. The van der Waals surface area contributed by atoms with Gasteiger partial charge in [0.25, 0.3) is 0 Å². The van der Waals surface area contributed by atoms with Gasteiger partial charge in [-0.1, -0.05) is 11.6 Å². The Morgan fingerprint density at radius 2 is 1.89 bits per heavy atom. The molecule has 2 heterocycles. The summed E-state index contributed by atoms with van der Waals surface area (Å²) in [5.41, 5.74) is 4.56. The fraction of sp³-hybridized carbons (Fsp3) is 0.526. The molecule has 154 valence electrons. The van der Waals surface area contributed by atoms with Gasteiger partial charge in [0.15, 0.2) is 11.2 Å². The highest BCUT2D eigenvalue weighted by molar-refractivity contribution is 7.54. The van der Waals surface area contributed by atoms with Gasteiger partial charge in [-0.15, -0.1) is 0 Å². The van der Waals surface area contributed by atoms with Gasteiger partial charge in [0, 0.05) is 13.1 Å². The Labute approximate surface area is 164 Å². The summed E-state index contributed by atoms with van der Waals surface area (Å²) in [5, 5.41) is 2.31. The van der Waals surface area contributed by atoms with Gasteiger partial charge >= 0.3 is 7.60 Å². The second-order valence-corrected chi connectivity index (χ2v) is 8.64. The van der Waals surface area contributed by atoms with Crippen LogP contribution in [0.5, 0.6) is 0 Å². The van der Waals surface area contributed by atoms with Crippen molar-refractivity contribution in [2.45, 2.75) is 26.6 Å². The summed E-state index contributed by atoms with van der Waals surface area (Å²) in [6.07, 6.45) is 1.35. The van der Waals surface area contributed by atoms with Crippen molar-refractivity contribution in [3.05, 3.63) is 45.8 Å². The lowest BCUT2D eigenvalue weighted by molar-refractivity contribution is 0.00635. The van der Waals surface area contributed by atoms with Crippen molar-refractivity contribution in [1.82, 2.24) is 10.4 Å². The zero-order valence-electron chi connectivity index (χ0n) is 16.5. The normalized spacial score (nSPS) is 17.1.